The summed E-state index contributed by atoms with van der Waals surface area (Å²) in [5.41, 5.74) is 0.791. The zero-order chi connectivity index (χ0) is 24.2. The molecule has 1 aliphatic rings. The highest BCUT2D eigenvalue weighted by Crippen LogP contribution is 2.27. The number of carbonyl (C=O) groups is 2. The average molecular weight is 521 g/mol. The molecule has 0 N–H and O–H groups in total. The molecular formula is C23H22Cl2N4O4S. The van der Waals surface area contributed by atoms with Gasteiger partial charge >= 0.3 is 6.09 Å². The normalized spacial score (nSPS) is 13.9. The maximum Gasteiger partial charge on any atom is 0.409 e. The van der Waals surface area contributed by atoms with Gasteiger partial charge in [0.05, 0.1) is 39.0 Å². The first-order valence-corrected chi connectivity index (χ1v) is 12.4. The molecule has 2 heterocycles. The fraction of sp³-hybridized carbons (Fsp3) is 0.304. The molecule has 1 fully saturated rings. The van der Waals surface area contributed by atoms with Crippen molar-refractivity contribution in [3.63, 3.8) is 0 Å². The predicted octanol–water partition coefficient (Wildman–Crippen LogP) is 4.09. The van der Waals surface area contributed by atoms with Gasteiger partial charge in [0.25, 0.3) is 5.56 Å². The summed E-state index contributed by atoms with van der Waals surface area (Å²) in [6.45, 7) is 3.74. The Bertz CT molecular complexity index is 1290. The van der Waals surface area contributed by atoms with Crippen LogP contribution in [-0.4, -0.2) is 69.9 Å². The molecule has 0 spiro atoms. The highest BCUT2D eigenvalue weighted by molar-refractivity contribution is 7.99. The Labute approximate surface area is 210 Å². The lowest BCUT2D eigenvalue weighted by Gasteiger charge is -2.34. The summed E-state index contributed by atoms with van der Waals surface area (Å²) in [4.78, 5) is 46.0. The van der Waals surface area contributed by atoms with Crippen molar-refractivity contribution in [1.29, 1.82) is 0 Å². The summed E-state index contributed by atoms with van der Waals surface area (Å²) in [6.07, 6.45) is -0.366. The standard InChI is InChI=1S/C23H22Cl2N4O4S/c1-2-33-23(32)28-11-9-27(10-12-28)20(30)14-34-22-26-19-6-4-3-5-16(19)21(31)29(22)15-7-8-17(24)18(25)13-15/h3-8,13H,2,9-12,14H2,1H3. The number of para-hydroxylation sites is 1. The zero-order valence-electron chi connectivity index (χ0n) is 18.4. The van der Waals surface area contributed by atoms with Crippen LogP contribution in [0.1, 0.15) is 6.92 Å². The molecule has 2 amide bonds. The monoisotopic (exact) mass is 520 g/mol. The molecule has 0 aliphatic carbocycles. The molecule has 34 heavy (non-hydrogen) atoms. The minimum absolute atomic E-state index is 0.0888. The van der Waals surface area contributed by atoms with Crippen LogP contribution in [-0.2, 0) is 9.53 Å². The Morgan fingerprint density at radius 1 is 1.03 bits per heavy atom. The van der Waals surface area contributed by atoms with E-state index in [4.69, 9.17) is 27.9 Å². The number of amides is 2. The first-order valence-electron chi connectivity index (χ1n) is 10.7. The van der Waals surface area contributed by atoms with Gasteiger partial charge in [0.2, 0.25) is 5.91 Å². The Morgan fingerprint density at radius 3 is 2.44 bits per heavy atom. The highest BCUT2D eigenvalue weighted by atomic mass is 35.5. The molecule has 1 saturated heterocycles. The molecule has 178 valence electrons. The second-order valence-electron chi connectivity index (χ2n) is 7.51. The minimum Gasteiger partial charge on any atom is -0.450 e. The van der Waals surface area contributed by atoms with Crippen LogP contribution in [0.3, 0.4) is 0 Å². The zero-order valence-corrected chi connectivity index (χ0v) is 20.7. The van der Waals surface area contributed by atoms with Crippen LogP contribution in [0.2, 0.25) is 10.0 Å². The fourth-order valence-electron chi connectivity index (χ4n) is 3.63. The summed E-state index contributed by atoms with van der Waals surface area (Å²) >= 11 is 13.4. The molecule has 0 bridgehead atoms. The van der Waals surface area contributed by atoms with Gasteiger partial charge in [0, 0.05) is 26.2 Å². The van der Waals surface area contributed by atoms with Gasteiger partial charge in [-0.25, -0.2) is 9.78 Å². The maximum atomic E-state index is 13.3. The molecule has 11 heteroatoms. The minimum atomic E-state index is -0.366. The van der Waals surface area contributed by atoms with E-state index in [1.54, 1.807) is 59.2 Å². The van der Waals surface area contributed by atoms with E-state index in [1.807, 2.05) is 0 Å². The van der Waals surface area contributed by atoms with Crippen LogP contribution >= 0.6 is 35.0 Å². The molecule has 1 aromatic heterocycles. The summed E-state index contributed by atoms with van der Waals surface area (Å²) in [5.74, 6) is -0.0116. The second-order valence-corrected chi connectivity index (χ2v) is 9.26. The maximum absolute atomic E-state index is 13.3. The van der Waals surface area contributed by atoms with Crippen LogP contribution in [0, 0.1) is 0 Å². The van der Waals surface area contributed by atoms with E-state index < -0.39 is 0 Å². The molecule has 0 saturated carbocycles. The Hall–Kier alpha value is -2.75. The summed E-state index contributed by atoms with van der Waals surface area (Å²) in [7, 11) is 0. The van der Waals surface area contributed by atoms with E-state index in [9.17, 15) is 14.4 Å². The third-order valence-corrected chi connectivity index (χ3v) is 7.05. The summed E-state index contributed by atoms with van der Waals surface area (Å²) < 4.78 is 6.47. The smallest absolute Gasteiger partial charge is 0.409 e. The van der Waals surface area contributed by atoms with E-state index in [0.717, 1.165) is 0 Å². The van der Waals surface area contributed by atoms with E-state index in [2.05, 4.69) is 4.98 Å². The third-order valence-electron chi connectivity index (χ3n) is 5.39. The second kappa shape index (κ2) is 10.7. The number of benzene rings is 2. The molecule has 0 unspecified atom stereocenters. The van der Waals surface area contributed by atoms with Crippen molar-refractivity contribution in [1.82, 2.24) is 19.4 Å². The molecule has 8 nitrogen and oxygen atoms in total. The molecule has 0 radical (unpaired) electrons. The lowest BCUT2D eigenvalue weighted by Crippen LogP contribution is -2.51. The van der Waals surface area contributed by atoms with E-state index in [0.29, 0.717) is 64.6 Å². The number of thioether (sulfide) groups is 1. The fourth-order valence-corrected chi connectivity index (χ4v) is 4.84. The van der Waals surface area contributed by atoms with Crippen molar-refractivity contribution in [2.24, 2.45) is 0 Å². The van der Waals surface area contributed by atoms with Crippen LogP contribution in [0.25, 0.3) is 16.6 Å². The lowest BCUT2D eigenvalue weighted by atomic mass is 10.2. The topological polar surface area (TPSA) is 84.7 Å². The van der Waals surface area contributed by atoms with Crippen LogP contribution in [0.5, 0.6) is 0 Å². The van der Waals surface area contributed by atoms with Crippen molar-refractivity contribution in [3.05, 3.63) is 62.9 Å². The predicted molar refractivity (Wildman–Crippen MR) is 133 cm³/mol. The number of aromatic nitrogens is 2. The SMILES string of the molecule is CCOC(=O)N1CCN(C(=O)CSc2nc3ccccc3c(=O)n2-c2ccc(Cl)c(Cl)c2)CC1. The van der Waals surface area contributed by atoms with Crippen molar-refractivity contribution in [2.75, 3.05) is 38.5 Å². The number of rotatable bonds is 5. The Kier molecular flexibility index (Phi) is 7.65. The number of piperazine rings is 1. The average Bonchev–Trinajstić information content (AvgIpc) is 2.85. The van der Waals surface area contributed by atoms with Crippen LogP contribution in [0.15, 0.2) is 52.4 Å². The van der Waals surface area contributed by atoms with Crippen molar-refractivity contribution >= 4 is 57.9 Å². The number of ether oxygens (including phenoxy) is 1. The first-order chi connectivity index (χ1) is 16.4. The van der Waals surface area contributed by atoms with Gasteiger partial charge < -0.3 is 14.5 Å². The third kappa shape index (κ3) is 5.16. The van der Waals surface area contributed by atoms with Gasteiger partial charge in [0.15, 0.2) is 5.16 Å². The number of nitrogens with zero attached hydrogens (tertiary/aromatic N) is 4. The van der Waals surface area contributed by atoms with E-state index in [-0.39, 0.29) is 23.3 Å². The van der Waals surface area contributed by atoms with Gasteiger partial charge in [-0.15, -0.1) is 0 Å². The first kappa shape index (κ1) is 24.4. The quantitative estimate of drug-likeness (QED) is 0.372. The van der Waals surface area contributed by atoms with Gasteiger partial charge in [0.1, 0.15) is 0 Å². The van der Waals surface area contributed by atoms with Crippen molar-refractivity contribution in [2.45, 2.75) is 12.1 Å². The van der Waals surface area contributed by atoms with Gasteiger partial charge in [-0.3, -0.25) is 14.2 Å². The molecule has 0 atom stereocenters. The highest BCUT2D eigenvalue weighted by Gasteiger charge is 2.25. The summed E-state index contributed by atoms with van der Waals surface area (Å²) in [6, 6.07) is 12.0. The molecular weight excluding hydrogens is 499 g/mol. The van der Waals surface area contributed by atoms with Gasteiger partial charge in [-0.1, -0.05) is 47.1 Å². The van der Waals surface area contributed by atoms with Crippen LogP contribution in [0.4, 0.5) is 4.79 Å². The number of carbonyl (C=O) groups excluding carboxylic acids is 2. The van der Waals surface area contributed by atoms with Gasteiger partial charge in [-0.05, 0) is 37.3 Å². The molecule has 2 aromatic carbocycles. The Morgan fingerprint density at radius 2 is 1.74 bits per heavy atom. The molecule has 1 aliphatic heterocycles. The van der Waals surface area contributed by atoms with E-state index in [1.165, 1.54) is 16.3 Å². The van der Waals surface area contributed by atoms with Crippen LogP contribution < -0.4 is 5.56 Å². The molecule has 4 rings (SSSR count). The Balaban J connectivity index is 1.56. The number of hydrogen-bond acceptors (Lipinski definition) is 6. The molecule has 3 aromatic rings. The number of fused-ring (bicyclic) bond motifs is 1. The largest absolute Gasteiger partial charge is 0.450 e. The van der Waals surface area contributed by atoms with Crippen molar-refractivity contribution in [3.8, 4) is 5.69 Å². The number of halogens is 2. The lowest BCUT2D eigenvalue weighted by molar-refractivity contribution is -0.129. The van der Waals surface area contributed by atoms with E-state index >= 15 is 0 Å². The number of hydrogen-bond donors (Lipinski definition) is 0. The van der Waals surface area contributed by atoms with Gasteiger partial charge in [-0.2, -0.15) is 0 Å². The van der Waals surface area contributed by atoms with Crippen molar-refractivity contribution < 1.29 is 14.3 Å². The summed E-state index contributed by atoms with van der Waals surface area (Å²) in [5, 5.41) is 1.52.